The summed E-state index contributed by atoms with van der Waals surface area (Å²) in [4.78, 5) is 0. The minimum Gasteiger partial charge on any atom is -0.493 e. The first-order chi connectivity index (χ1) is 10.2. The predicted octanol–water partition coefficient (Wildman–Crippen LogP) is 3.82. The molecule has 110 valence electrons. The molecule has 1 unspecified atom stereocenters. The highest BCUT2D eigenvalue weighted by atomic mass is 127. The van der Waals surface area contributed by atoms with E-state index in [1.807, 2.05) is 18.2 Å². The van der Waals surface area contributed by atoms with Gasteiger partial charge in [-0.3, -0.25) is 5.84 Å². The zero-order valence-electron chi connectivity index (χ0n) is 11.4. The van der Waals surface area contributed by atoms with Crippen LogP contribution in [0, 0.1) is 3.57 Å². The number of hydrogen-bond donors (Lipinski definition) is 2. The van der Waals surface area contributed by atoms with E-state index in [1.54, 1.807) is 0 Å². The molecule has 0 spiro atoms. The van der Waals surface area contributed by atoms with E-state index in [-0.39, 0.29) is 6.04 Å². The molecule has 3 rings (SSSR count). The maximum absolute atomic E-state index is 6.15. The lowest BCUT2D eigenvalue weighted by molar-refractivity contribution is 0.283. The van der Waals surface area contributed by atoms with Crippen LogP contribution in [-0.4, -0.2) is 6.61 Å². The van der Waals surface area contributed by atoms with Crippen LogP contribution in [0.5, 0.6) is 5.75 Å². The summed E-state index contributed by atoms with van der Waals surface area (Å²) in [6, 6.07) is 11.9. The van der Waals surface area contributed by atoms with Crippen molar-refractivity contribution in [2.24, 2.45) is 5.84 Å². The van der Waals surface area contributed by atoms with Gasteiger partial charge in [0.2, 0.25) is 0 Å². The lowest BCUT2D eigenvalue weighted by Gasteiger charge is -2.25. The van der Waals surface area contributed by atoms with Gasteiger partial charge < -0.3 is 4.74 Å². The molecule has 2 aromatic rings. The number of nitrogens with one attached hydrogen (secondary N) is 1. The smallest absolute Gasteiger partial charge is 0.127 e. The molecule has 1 heterocycles. The van der Waals surface area contributed by atoms with Gasteiger partial charge in [-0.1, -0.05) is 29.8 Å². The van der Waals surface area contributed by atoms with Crippen LogP contribution < -0.4 is 16.0 Å². The molecule has 1 aliphatic rings. The number of benzene rings is 2. The SMILES string of the molecule is NNC(c1cc(Cl)ccc1I)c1cccc2c1OCCC2. The molecule has 0 aliphatic carbocycles. The van der Waals surface area contributed by atoms with Gasteiger partial charge in [0.25, 0.3) is 0 Å². The number of hydrazine groups is 1. The van der Waals surface area contributed by atoms with E-state index in [4.69, 9.17) is 22.2 Å². The van der Waals surface area contributed by atoms with Crippen molar-refractivity contribution in [3.05, 3.63) is 61.7 Å². The summed E-state index contributed by atoms with van der Waals surface area (Å²) in [5, 5.41) is 0.705. The number of para-hydroxylation sites is 1. The average Bonchev–Trinajstić information content (AvgIpc) is 2.51. The Morgan fingerprint density at radius 1 is 1.24 bits per heavy atom. The Balaban J connectivity index is 2.10. The lowest BCUT2D eigenvalue weighted by atomic mass is 9.94. The third kappa shape index (κ3) is 3.04. The zero-order valence-corrected chi connectivity index (χ0v) is 14.3. The van der Waals surface area contributed by atoms with Crippen LogP contribution in [0.15, 0.2) is 36.4 Å². The quantitative estimate of drug-likeness (QED) is 0.456. The molecule has 0 fully saturated rings. The first kappa shape index (κ1) is 15.1. The van der Waals surface area contributed by atoms with Crippen molar-refractivity contribution in [1.29, 1.82) is 0 Å². The van der Waals surface area contributed by atoms with Crippen LogP contribution in [-0.2, 0) is 6.42 Å². The van der Waals surface area contributed by atoms with Crippen LogP contribution in [0.3, 0.4) is 0 Å². The van der Waals surface area contributed by atoms with Crippen molar-refractivity contribution in [2.75, 3.05) is 6.61 Å². The van der Waals surface area contributed by atoms with Crippen LogP contribution in [0.2, 0.25) is 5.02 Å². The summed E-state index contributed by atoms with van der Waals surface area (Å²) in [7, 11) is 0. The van der Waals surface area contributed by atoms with Gasteiger partial charge in [0.05, 0.1) is 12.6 Å². The Hall–Kier alpha value is -0.820. The van der Waals surface area contributed by atoms with Gasteiger partial charge in [0, 0.05) is 14.2 Å². The number of aryl methyl sites for hydroxylation is 1. The number of fused-ring (bicyclic) bond motifs is 1. The molecular weight excluding hydrogens is 399 g/mol. The lowest BCUT2D eigenvalue weighted by Crippen LogP contribution is -2.30. The summed E-state index contributed by atoms with van der Waals surface area (Å²) in [6.45, 7) is 0.758. The highest BCUT2D eigenvalue weighted by Crippen LogP contribution is 2.37. The molecule has 0 bridgehead atoms. The molecular formula is C16H16ClIN2O. The topological polar surface area (TPSA) is 47.3 Å². The molecule has 1 atom stereocenters. The number of hydrogen-bond acceptors (Lipinski definition) is 3. The Morgan fingerprint density at radius 2 is 2.10 bits per heavy atom. The van der Waals surface area contributed by atoms with Crippen molar-refractivity contribution in [1.82, 2.24) is 5.43 Å². The summed E-state index contributed by atoms with van der Waals surface area (Å²) in [5.74, 6) is 6.80. The second-order valence-electron chi connectivity index (χ2n) is 5.05. The molecule has 1 aliphatic heterocycles. The second kappa shape index (κ2) is 6.52. The van der Waals surface area contributed by atoms with Crippen molar-refractivity contribution in [3.63, 3.8) is 0 Å². The van der Waals surface area contributed by atoms with E-state index in [1.165, 1.54) is 5.56 Å². The number of nitrogens with two attached hydrogens (primary N) is 1. The summed E-state index contributed by atoms with van der Waals surface area (Å²) in [6.07, 6.45) is 2.11. The predicted molar refractivity (Wildman–Crippen MR) is 93.6 cm³/mol. The molecule has 5 heteroatoms. The van der Waals surface area contributed by atoms with E-state index in [2.05, 4.69) is 46.2 Å². The summed E-state index contributed by atoms with van der Waals surface area (Å²) >= 11 is 8.45. The van der Waals surface area contributed by atoms with Gasteiger partial charge >= 0.3 is 0 Å². The number of rotatable bonds is 3. The van der Waals surface area contributed by atoms with Crippen LogP contribution >= 0.6 is 34.2 Å². The molecule has 0 amide bonds. The van der Waals surface area contributed by atoms with Gasteiger partial charge in [-0.05, 0) is 64.8 Å². The minimum atomic E-state index is -0.136. The fourth-order valence-corrected chi connectivity index (χ4v) is 3.55. The normalized spacial score (nSPS) is 15.2. The Kier molecular flexibility index (Phi) is 4.69. The first-order valence-electron chi connectivity index (χ1n) is 6.86. The molecule has 0 saturated carbocycles. The second-order valence-corrected chi connectivity index (χ2v) is 6.65. The summed E-state index contributed by atoms with van der Waals surface area (Å²) in [5.41, 5.74) is 6.28. The Labute approximate surface area is 142 Å². The molecule has 0 aromatic heterocycles. The van der Waals surface area contributed by atoms with Gasteiger partial charge in [-0.2, -0.15) is 0 Å². The van der Waals surface area contributed by atoms with Crippen LogP contribution in [0.25, 0.3) is 0 Å². The van der Waals surface area contributed by atoms with Crippen molar-refractivity contribution < 1.29 is 4.74 Å². The Morgan fingerprint density at radius 3 is 2.90 bits per heavy atom. The molecule has 0 radical (unpaired) electrons. The maximum Gasteiger partial charge on any atom is 0.127 e. The van der Waals surface area contributed by atoms with Crippen molar-refractivity contribution in [3.8, 4) is 5.75 Å². The zero-order chi connectivity index (χ0) is 14.8. The molecule has 3 N–H and O–H groups in total. The van der Waals surface area contributed by atoms with E-state index in [0.717, 1.165) is 39.9 Å². The molecule has 3 nitrogen and oxygen atoms in total. The highest BCUT2D eigenvalue weighted by Gasteiger charge is 2.23. The number of ether oxygens (including phenoxy) is 1. The molecule has 2 aromatic carbocycles. The fraction of sp³-hybridized carbons (Fsp3) is 0.250. The summed E-state index contributed by atoms with van der Waals surface area (Å²) < 4.78 is 7.02. The highest BCUT2D eigenvalue weighted by molar-refractivity contribution is 14.1. The third-order valence-electron chi connectivity index (χ3n) is 3.71. The molecule has 0 saturated heterocycles. The molecule has 21 heavy (non-hydrogen) atoms. The maximum atomic E-state index is 6.15. The van der Waals surface area contributed by atoms with Crippen LogP contribution in [0.4, 0.5) is 0 Å². The minimum absolute atomic E-state index is 0.136. The monoisotopic (exact) mass is 414 g/mol. The standard InChI is InChI=1S/C16H16ClIN2O/c17-11-6-7-14(18)13(9-11)15(20-19)12-5-1-3-10-4-2-8-21-16(10)12/h1,3,5-7,9,15,20H,2,4,8,19H2. The van der Waals surface area contributed by atoms with E-state index in [0.29, 0.717) is 5.02 Å². The van der Waals surface area contributed by atoms with E-state index < -0.39 is 0 Å². The van der Waals surface area contributed by atoms with E-state index in [9.17, 15) is 0 Å². The Bertz CT molecular complexity index is 663. The average molecular weight is 415 g/mol. The van der Waals surface area contributed by atoms with Crippen LogP contribution in [0.1, 0.15) is 29.2 Å². The van der Waals surface area contributed by atoms with Gasteiger partial charge in [0.1, 0.15) is 5.75 Å². The van der Waals surface area contributed by atoms with Gasteiger partial charge in [0.15, 0.2) is 0 Å². The largest absolute Gasteiger partial charge is 0.493 e. The van der Waals surface area contributed by atoms with E-state index >= 15 is 0 Å². The van der Waals surface area contributed by atoms with Gasteiger partial charge in [-0.15, -0.1) is 0 Å². The van der Waals surface area contributed by atoms with Gasteiger partial charge in [-0.25, -0.2) is 5.43 Å². The van der Waals surface area contributed by atoms with Crippen molar-refractivity contribution >= 4 is 34.2 Å². The number of halogens is 2. The first-order valence-corrected chi connectivity index (χ1v) is 8.32. The van der Waals surface area contributed by atoms with Crippen molar-refractivity contribution in [2.45, 2.75) is 18.9 Å². The fourth-order valence-electron chi connectivity index (χ4n) is 2.72. The third-order valence-corrected chi connectivity index (χ3v) is 4.93.